The minimum Gasteiger partial charge on any atom is -0.379 e. The van der Waals surface area contributed by atoms with Crippen molar-refractivity contribution >= 4 is 22.5 Å². The molecule has 0 unspecified atom stereocenters. The van der Waals surface area contributed by atoms with E-state index in [1.807, 2.05) is 11.9 Å². The molecule has 5 rings (SSSR count). The zero-order valence-corrected chi connectivity index (χ0v) is 19.1. The van der Waals surface area contributed by atoms with Gasteiger partial charge in [-0.05, 0) is 44.5 Å². The number of hydrogen-bond donors (Lipinski definition) is 2. The van der Waals surface area contributed by atoms with Crippen LogP contribution >= 0.6 is 0 Å². The Morgan fingerprint density at radius 1 is 1.26 bits per heavy atom. The largest absolute Gasteiger partial charge is 0.406 e. The van der Waals surface area contributed by atoms with Gasteiger partial charge in [0.05, 0.1) is 18.1 Å². The van der Waals surface area contributed by atoms with Crippen LogP contribution in [0.2, 0.25) is 0 Å². The molecule has 8 nitrogen and oxygen atoms in total. The van der Waals surface area contributed by atoms with Crippen LogP contribution in [0, 0.1) is 5.92 Å². The number of carbonyl (C=O) groups excluding carboxylic acids is 1. The lowest BCUT2D eigenvalue weighted by atomic mass is 10.0. The average Bonchev–Trinajstić information content (AvgIpc) is 3.44. The molecule has 0 bridgehead atoms. The summed E-state index contributed by atoms with van der Waals surface area (Å²) in [7, 11) is 1.85. The van der Waals surface area contributed by atoms with E-state index in [0.717, 1.165) is 24.0 Å². The Balaban J connectivity index is 1.46. The lowest BCUT2D eigenvalue weighted by Crippen LogP contribution is -2.46. The van der Waals surface area contributed by atoms with Crippen molar-refractivity contribution < 1.29 is 26.9 Å². The predicted molar refractivity (Wildman–Crippen MR) is 120 cm³/mol. The first-order chi connectivity index (χ1) is 16.7. The maximum Gasteiger partial charge on any atom is 0.406 e. The van der Waals surface area contributed by atoms with Crippen molar-refractivity contribution in [2.45, 2.75) is 50.7 Å². The molecule has 2 fully saturated rings. The van der Waals surface area contributed by atoms with E-state index < -0.39 is 24.9 Å². The summed E-state index contributed by atoms with van der Waals surface area (Å²) in [6.07, 6.45) is -3.34. The van der Waals surface area contributed by atoms with Gasteiger partial charge in [0.25, 0.3) is 5.89 Å². The highest BCUT2D eigenvalue weighted by Gasteiger charge is 2.33. The first-order valence-electron chi connectivity index (χ1n) is 11.6. The number of rotatable bonds is 7. The van der Waals surface area contributed by atoms with Gasteiger partial charge in [-0.1, -0.05) is 11.2 Å². The standard InChI is InChI=1S/C23H26F4N6O2/c1-32-8-7-17(15(24)11-32)29-16-3-2-4-18-14(16)9-19(33(18)12-23(25,26)27)22-30-20(31-35-22)10-28-21(34)13-5-6-13/h2-4,9,13,15,17,29H,5-8,10-12H2,1H3,(H,28,34)/t15-,17+/m0/s1. The fourth-order valence-corrected chi connectivity index (χ4v) is 4.44. The van der Waals surface area contributed by atoms with Crippen LogP contribution in [0.15, 0.2) is 28.8 Å². The van der Waals surface area contributed by atoms with Crippen molar-refractivity contribution in [1.82, 2.24) is 24.9 Å². The lowest BCUT2D eigenvalue weighted by molar-refractivity contribution is -0.139. The molecule has 1 aliphatic heterocycles. The second kappa shape index (κ2) is 9.14. The minimum atomic E-state index is -4.50. The Labute approximate surface area is 198 Å². The average molecular weight is 494 g/mol. The molecule has 0 spiro atoms. The molecule has 1 saturated heterocycles. The number of likely N-dealkylation sites (tertiary alicyclic amines) is 1. The number of aromatic nitrogens is 3. The maximum atomic E-state index is 14.6. The second-order valence-electron chi connectivity index (χ2n) is 9.29. The van der Waals surface area contributed by atoms with Gasteiger partial charge < -0.3 is 24.6 Å². The summed E-state index contributed by atoms with van der Waals surface area (Å²) in [5, 5.41) is 10.2. The molecule has 2 atom stereocenters. The zero-order valence-electron chi connectivity index (χ0n) is 19.1. The van der Waals surface area contributed by atoms with E-state index in [4.69, 9.17) is 4.52 Å². The first kappa shape index (κ1) is 23.6. The fourth-order valence-electron chi connectivity index (χ4n) is 4.44. The molecule has 1 amide bonds. The number of piperidine rings is 1. The Morgan fingerprint density at radius 2 is 2.06 bits per heavy atom. The molecule has 188 valence electrons. The molecular weight excluding hydrogens is 468 g/mol. The van der Waals surface area contributed by atoms with Gasteiger partial charge in [-0.2, -0.15) is 18.2 Å². The SMILES string of the molecule is CN1CC[C@@H](Nc2cccc3c2cc(-c2nc(CNC(=O)C4CC4)no2)n3CC(F)(F)F)[C@@H](F)C1. The van der Waals surface area contributed by atoms with Crippen LogP contribution in [0.3, 0.4) is 0 Å². The number of halogens is 4. The molecule has 1 aliphatic carbocycles. The highest BCUT2D eigenvalue weighted by Crippen LogP contribution is 2.35. The van der Waals surface area contributed by atoms with E-state index in [-0.39, 0.29) is 42.3 Å². The number of amides is 1. The summed E-state index contributed by atoms with van der Waals surface area (Å²) in [5.41, 5.74) is 0.949. The molecule has 0 radical (unpaired) electrons. The lowest BCUT2D eigenvalue weighted by Gasteiger charge is -2.33. The fraction of sp³-hybridized carbons (Fsp3) is 0.522. The summed E-state index contributed by atoms with van der Waals surface area (Å²) in [6, 6.07) is 6.03. The third kappa shape index (κ3) is 5.26. The van der Waals surface area contributed by atoms with Gasteiger partial charge in [-0.15, -0.1) is 0 Å². The number of carbonyl (C=O) groups is 1. The van der Waals surface area contributed by atoms with Gasteiger partial charge in [-0.25, -0.2) is 4.39 Å². The maximum absolute atomic E-state index is 14.6. The van der Waals surface area contributed by atoms with Crippen molar-refractivity contribution in [1.29, 1.82) is 0 Å². The molecule has 3 aromatic rings. The van der Waals surface area contributed by atoms with E-state index >= 15 is 0 Å². The highest BCUT2D eigenvalue weighted by atomic mass is 19.4. The Kier molecular flexibility index (Phi) is 6.16. The number of nitrogens with zero attached hydrogens (tertiary/aromatic N) is 4. The van der Waals surface area contributed by atoms with E-state index in [1.165, 1.54) is 0 Å². The number of hydrogen-bond acceptors (Lipinski definition) is 6. The summed E-state index contributed by atoms with van der Waals surface area (Å²) < 4.78 is 61.5. The predicted octanol–water partition coefficient (Wildman–Crippen LogP) is 3.73. The van der Waals surface area contributed by atoms with E-state index in [9.17, 15) is 22.4 Å². The van der Waals surface area contributed by atoms with Gasteiger partial charge in [0.2, 0.25) is 5.91 Å². The Morgan fingerprint density at radius 3 is 2.77 bits per heavy atom. The summed E-state index contributed by atoms with van der Waals surface area (Å²) >= 11 is 0. The topological polar surface area (TPSA) is 88.2 Å². The number of nitrogens with one attached hydrogen (secondary N) is 2. The van der Waals surface area contributed by atoms with Crippen LogP contribution in [0.1, 0.15) is 25.1 Å². The van der Waals surface area contributed by atoms with Crippen LogP contribution in [-0.2, 0) is 17.9 Å². The van der Waals surface area contributed by atoms with Gasteiger partial charge >= 0.3 is 6.18 Å². The van der Waals surface area contributed by atoms with Gasteiger partial charge in [0, 0.05) is 30.1 Å². The molecule has 3 heterocycles. The van der Waals surface area contributed by atoms with Crippen LogP contribution in [0.4, 0.5) is 23.2 Å². The molecule has 2 aromatic heterocycles. The molecule has 1 saturated carbocycles. The molecule has 35 heavy (non-hydrogen) atoms. The molecular formula is C23H26F4N6O2. The first-order valence-corrected chi connectivity index (χ1v) is 11.6. The van der Waals surface area contributed by atoms with Crippen molar-refractivity contribution in [2.24, 2.45) is 5.92 Å². The second-order valence-corrected chi connectivity index (χ2v) is 9.29. The van der Waals surface area contributed by atoms with E-state index in [1.54, 1.807) is 24.3 Å². The Hall–Kier alpha value is -3.15. The highest BCUT2D eigenvalue weighted by molar-refractivity contribution is 5.96. The zero-order chi connectivity index (χ0) is 24.7. The van der Waals surface area contributed by atoms with Crippen molar-refractivity contribution in [3.63, 3.8) is 0 Å². The van der Waals surface area contributed by atoms with Crippen molar-refractivity contribution in [2.75, 3.05) is 25.5 Å². The summed E-state index contributed by atoms with van der Waals surface area (Å²) in [6.45, 7) is -0.225. The number of benzene rings is 1. The third-order valence-electron chi connectivity index (χ3n) is 6.42. The van der Waals surface area contributed by atoms with E-state index in [0.29, 0.717) is 23.0 Å². The quantitative estimate of drug-likeness (QED) is 0.487. The van der Waals surface area contributed by atoms with Crippen LogP contribution in [0.25, 0.3) is 22.5 Å². The number of fused-ring (bicyclic) bond motifs is 1. The normalized spacial score (nSPS) is 21.4. The van der Waals surface area contributed by atoms with Gasteiger partial charge in [-0.3, -0.25) is 4.79 Å². The monoisotopic (exact) mass is 494 g/mol. The van der Waals surface area contributed by atoms with Crippen molar-refractivity contribution in [3.8, 4) is 11.6 Å². The summed E-state index contributed by atoms with van der Waals surface area (Å²) in [4.78, 5) is 18.0. The molecule has 2 aliphatic rings. The molecule has 2 N–H and O–H groups in total. The van der Waals surface area contributed by atoms with Crippen LogP contribution in [0.5, 0.6) is 0 Å². The number of alkyl halides is 4. The smallest absolute Gasteiger partial charge is 0.379 e. The van der Waals surface area contributed by atoms with Crippen LogP contribution in [-0.4, -0.2) is 64.0 Å². The Bertz CT molecular complexity index is 1220. The number of anilines is 1. The summed E-state index contributed by atoms with van der Waals surface area (Å²) in [5.74, 6) is -0.00842. The van der Waals surface area contributed by atoms with Gasteiger partial charge in [0.15, 0.2) is 5.82 Å². The molecule has 1 aromatic carbocycles. The van der Waals surface area contributed by atoms with Gasteiger partial charge in [0.1, 0.15) is 18.4 Å². The van der Waals surface area contributed by atoms with Crippen LogP contribution < -0.4 is 10.6 Å². The molecule has 12 heteroatoms. The van der Waals surface area contributed by atoms with E-state index in [2.05, 4.69) is 20.8 Å². The minimum absolute atomic E-state index is 0.00934. The van der Waals surface area contributed by atoms with Crippen molar-refractivity contribution in [3.05, 3.63) is 30.1 Å². The third-order valence-corrected chi connectivity index (χ3v) is 6.42.